The molecule has 0 atom stereocenters. The molecule has 1 aliphatic carbocycles. The Hall–Kier alpha value is -2.98. The second-order valence-corrected chi connectivity index (χ2v) is 8.65. The van der Waals surface area contributed by atoms with Crippen LogP contribution >= 0.6 is 0 Å². The number of carbonyl (C=O) groups is 1. The zero-order valence-corrected chi connectivity index (χ0v) is 19.5. The van der Waals surface area contributed by atoms with Crippen molar-refractivity contribution in [2.75, 3.05) is 13.2 Å². The molecule has 1 aliphatic rings. The van der Waals surface area contributed by atoms with Crippen molar-refractivity contribution in [1.82, 2.24) is 0 Å². The van der Waals surface area contributed by atoms with Crippen LogP contribution in [-0.2, 0) is 4.74 Å². The molecular formula is C27H31F2NO4. The highest BCUT2D eigenvalue weighted by Crippen LogP contribution is 2.29. The normalized spacial score (nSPS) is 17.7. The minimum atomic E-state index is -1.31. The third-order valence-corrected chi connectivity index (χ3v) is 6.08. The lowest BCUT2D eigenvalue weighted by Crippen LogP contribution is -2.25. The lowest BCUT2D eigenvalue weighted by Gasteiger charge is -2.28. The van der Waals surface area contributed by atoms with Crippen LogP contribution in [0.3, 0.4) is 0 Å². The van der Waals surface area contributed by atoms with Gasteiger partial charge in [-0.3, -0.25) is 0 Å². The van der Waals surface area contributed by atoms with Crippen molar-refractivity contribution in [2.45, 2.75) is 64.4 Å². The maximum Gasteiger partial charge on any atom is 0.346 e. The van der Waals surface area contributed by atoms with Crippen LogP contribution in [0.4, 0.5) is 8.78 Å². The van der Waals surface area contributed by atoms with Crippen LogP contribution in [0.15, 0.2) is 36.4 Å². The topological polar surface area (TPSA) is 68.6 Å². The first-order valence-electron chi connectivity index (χ1n) is 12.0. The summed E-state index contributed by atoms with van der Waals surface area (Å²) in [6, 6.07) is 10.1. The molecule has 34 heavy (non-hydrogen) atoms. The zero-order valence-electron chi connectivity index (χ0n) is 19.5. The molecule has 0 amide bonds. The Kier molecular flexibility index (Phi) is 9.84. The van der Waals surface area contributed by atoms with Gasteiger partial charge in [0.25, 0.3) is 0 Å². The van der Waals surface area contributed by atoms with Gasteiger partial charge in [0.15, 0.2) is 11.6 Å². The number of carbonyl (C=O) groups excluding carboxylic acids is 1. The lowest BCUT2D eigenvalue weighted by molar-refractivity contribution is 0.0109. The summed E-state index contributed by atoms with van der Waals surface area (Å²) in [5.41, 5.74) is -0.132. The molecule has 7 heteroatoms. The van der Waals surface area contributed by atoms with Crippen molar-refractivity contribution >= 4 is 5.97 Å². The van der Waals surface area contributed by atoms with Gasteiger partial charge >= 0.3 is 5.97 Å². The Morgan fingerprint density at radius 1 is 1.00 bits per heavy atom. The van der Waals surface area contributed by atoms with Crippen LogP contribution in [0.1, 0.15) is 74.2 Å². The molecule has 0 bridgehead atoms. The van der Waals surface area contributed by atoms with Gasteiger partial charge in [-0.15, -0.1) is 0 Å². The minimum absolute atomic E-state index is 0.129. The smallest absolute Gasteiger partial charge is 0.346 e. The van der Waals surface area contributed by atoms with E-state index in [0.717, 1.165) is 44.8 Å². The summed E-state index contributed by atoms with van der Waals surface area (Å²) in [6.07, 6.45) is 8.74. The number of ether oxygens (including phenoxy) is 3. The summed E-state index contributed by atoms with van der Waals surface area (Å²) in [5.74, 6) is -3.38. The Morgan fingerprint density at radius 2 is 1.74 bits per heavy atom. The average Bonchev–Trinajstić information content (AvgIpc) is 2.86. The molecule has 0 unspecified atom stereocenters. The van der Waals surface area contributed by atoms with Crippen molar-refractivity contribution in [2.24, 2.45) is 5.92 Å². The number of esters is 1. The standard InChI is InChI=1S/C27H31F2NO4/c1-2-3-4-5-16-32-21-10-8-20(9-11-21)18-33-24-15-14-23(25(28)26(24)29)27(31)34-22-12-6-19(17-30)7-13-22/h6-7,12-15,20-21H,2-5,8-11,16,18H2,1H3. The van der Waals surface area contributed by atoms with Crippen molar-refractivity contribution in [3.05, 3.63) is 59.2 Å². The van der Waals surface area contributed by atoms with Gasteiger partial charge in [-0.2, -0.15) is 9.65 Å². The molecule has 1 fully saturated rings. The van der Waals surface area contributed by atoms with Gasteiger partial charge in [-0.1, -0.05) is 26.2 Å². The van der Waals surface area contributed by atoms with E-state index in [4.69, 9.17) is 19.5 Å². The second-order valence-electron chi connectivity index (χ2n) is 8.65. The fourth-order valence-electron chi connectivity index (χ4n) is 4.01. The molecule has 0 saturated heterocycles. The predicted octanol–water partition coefficient (Wildman–Crippen LogP) is 6.59. The van der Waals surface area contributed by atoms with Gasteiger partial charge in [0, 0.05) is 6.61 Å². The third kappa shape index (κ3) is 7.26. The van der Waals surface area contributed by atoms with Gasteiger partial charge in [-0.05, 0) is 74.4 Å². The summed E-state index contributed by atoms with van der Waals surface area (Å²) in [5, 5.41) is 8.81. The first kappa shape index (κ1) is 25.6. The quantitative estimate of drug-likeness (QED) is 0.210. The number of unbranched alkanes of at least 4 members (excludes halogenated alkanes) is 3. The van der Waals surface area contributed by atoms with E-state index in [0.29, 0.717) is 5.56 Å². The van der Waals surface area contributed by atoms with E-state index < -0.39 is 23.2 Å². The van der Waals surface area contributed by atoms with E-state index in [1.807, 2.05) is 6.07 Å². The molecule has 1 saturated carbocycles. The lowest BCUT2D eigenvalue weighted by atomic mass is 9.88. The fourth-order valence-corrected chi connectivity index (χ4v) is 4.01. The van der Waals surface area contributed by atoms with Crippen LogP contribution in [0.2, 0.25) is 0 Å². The highest BCUT2D eigenvalue weighted by atomic mass is 19.2. The number of nitriles is 1. The summed E-state index contributed by atoms with van der Waals surface area (Å²) >= 11 is 0. The maximum atomic E-state index is 14.5. The molecule has 5 nitrogen and oxygen atoms in total. The number of benzene rings is 2. The van der Waals surface area contributed by atoms with Crippen molar-refractivity contribution in [1.29, 1.82) is 5.26 Å². The molecular weight excluding hydrogens is 440 g/mol. The molecule has 0 heterocycles. The molecule has 0 spiro atoms. The Labute approximate surface area is 199 Å². The Balaban J connectivity index is 1.47. The van der Waals surface area contributed by atoms with Crippen LogP contribution in [0.25, 0.3) is 0 Å². The van der Waals surface area contributed by atoms with Crippen LogP contribution in [0, 0.1) is 28.9 Å². The Bertz CT molecular complexity index is 979. The van der Waals surface area contributed by atoms with Crippen LogP contribution in [0.5, 0.6) is 11.5 Å². The van der Waals surface area contributed by atoms with E-state index in [9.17, 15) is 13.6 Å². The largest absolute Gasteiger partial charge is 0.490 e. The number of rotatable bonds is 11. The second kappa shape index (κ2) is 13.0. The summed E-state index contributed by atoms with van der Waals surface area (Å²) in [6.45, 7) is 3.27. The molecule has 0 aliphatic heterocycles. The van der Waals surface area contributed by atoms with Gasteiger partial charge in [0.2, 0.25) is 5.82 Å². The number of nitrogens with zero attached hydrogens (tertiary/aromatic N) is 1. The molecule has 2 aromatic rings. The fraction of sp³-hybridized carbons (Fsp3) is 0.481. The van der Waals surface area contributed by atoms with Gasteiger partial charge in [-0.25, -0.2) is 9.18 Å². The number of hydrogen-bond donors (Lipinski definition) is 0. The van der Waals surface area contributed by atoms with Crippen molar-refractivity contribution < 1.29 is 27.8 Å². The summed E-state index contributed by atoms with van der Waals surface area (Å²) in [7, 11) is 0. The van der Waals surface area contributed by atoms with Crippen LogP contribution in [-0.4, -0.2) is 25.3 Å². The molecule has 0 N–H and O–H groups in total. The predicted molar refractivity (Wildman–Crippen MR) is 124 cm³/mol. The highest BCUT2D eigenvalue weighted by Gasteiger charge is 2.24. The summed E-state index contributed by atoms with van der Waals surface area (Å²) in [4.78, 5) is 12.3. The van der Waals surface area contributed by atoms with E-state index in [1.54, 1.807) is 0 Å². The van der Waals surface area contributed by atoms with Crippen molar-refractivity contribution in [3.8, 4) is 17.6 Å². The van der Waals surface area contributed by atoms with E-state index in [1.165, 1.54) is 49.6 Å². The molecule has 182 valence electrons. The SMILES string of the molecule is CCCCCCOC1CCC(COc2ccc(C(=O)Oc3ccc(C#N)cc3)c(F)c2F)CC1. The number of hydrogen-bond acceptors (Lipinski definition) is 5. The van der Waals surface area contributed by atoms with Crippen molar-refractivity contribution in [3.63, 3.8) is 0 Å². The minimum Gasteiger partial charge on any atom is -0.490 e. The van der Waals surface area contributed by atoms with E-state index in [-0.39, 0.29) is 30.1 Å². The van der Waals surface area contributed by atoms with E-state index in [2.05, 4.69) is 6.92 Å². The average molecular weight is 472 g/mol. The molecule has 3 rings (SSSR count). The molecule has 0 radical (unpaired) electrons. The number of halogens is 2. The van der Waals surface area contributed by atoms with E-state index >= 15 is 0 Å². The molecule has 2 aromatic carbocycles. The monoisotopic (exact) mass is 471 g/mol. The first-order chi connectivity index (χ1) is 16.5. The van der Waals surface area contributed by atoms with Gasteiger partial charge in [0.05, 0.1) is 29.9 Å². The zero-order chi connectivity index (χ0) is 24.3. The first-order valence-corrected chi connectivity index (χ1v) is 12.0. The van der Waals surface area contributed by atoms with Crippen LogP contribution < -0.4 is 9.47 Å². The Morgan fingerprint density at radius 3 is 2.41 bits per heavy atom. The maximum absolute atomic E-state index is 14.5. The highest BCUT2D eigenvalue weighted by molar-refractivity contribution is 5.91. The molecule has 0 aromatic heterocycles. The van der Waals surface area contributed by atoms with Gasteiger partial charge in [0.1, 0.15) is 5.75 Å². The van der Waals surface area contributed by atoms with Gasteiger partial charge < -0.3 is 14.2 Å². The summed E-state index contributed by atoms with van der Waals surface area (Å²) < 4.78 is 45.7. The third-order valence-electron chi connectivity index (χ3n) is 6.08.